The van der Waals surface area contributed by atoms with Gasteiger partial charge in [0.25, 0.3) is 10.0 Å². The minimum Gasteiger partial charge on any atom is -0.325 e. The topological polar surface area (TPSA) is 75.3 Å². The second kappa shape index (κ2) is 7.09. The van der Waals surface area contributed by atoms with E-state index in [2.05, 4.69) is 10.0 Å². The molecule has 3 rings (SSSR count). The van der Waals surface area contributed by atoms with Gasteiger partial charge in [-0.05, 0) is 42.3 Å². The van der Waals surface area contributed by atoms with E-state index in [-0.39, 0.29) is 16.1 Å². The van der Waals surface area contributed by atoms with Crippen LogP contribution in [-0.2, 0) is 21.2 Å². The Hall–Kier alpha value is -1.99. The number of carbonyl (C=O) groups excluding carboxylic acids is 1. The highest BCUT2D eigenvalue weighted by Crippen LogP contribution is 2.36. The molecule has 0 unspecified atom stereocenters. The Morgan fingerprint density at radius 1 is 1.20 bits per heavy atom. The predicted molar refractivity (Wildman–Crippen MR) is 102 cm³/mol. The first kappa shape index (κ1) is 17.8. The van der Waals surface area contributed by atoms with Crippen molar-refractivity contribution in [2.24, 2.45) is 0 Å². The van der Waals surface area contributed by atoms with Crippen LogP contribution in [0, 0.1) is 0 Å². The molecule has 2 aromatic carbocycles. The van der Waals surface area contributed by atoms with Gasteiger partial charge in [-0.1, -0.05) is 26.0 Å². The summed E-state index contributed by atoms with van der Waals surface area (Å²) in [5.41, 5.74) is 2.20. The quantitative estimate of drug-likeness (QED) is 0.849. The van der Waals surface area contributed by atoms with Crippen LogP contribution in [-0.4, -0.2) is 19.6 Å². The maximum absolute atomic E-state index is 12.6. The van der Waals surface area contributed by atoms with Gasteiger partial charge in [0.2, 0.25) is 5.91 Å². The second-order valence-corrected chi connectivity index (χ2v) is 9.16. The number of thioether (sulfide) groups is 1. The number of aryl methyl sites for hydroxylation is 1. The minimum atomic E-state index is -3.72. The van der Waals surface area contributed by atoms with Gasteiger partial charge in [0.1, 0.15) is 0 Å². The molecule has 1 amide bonds. The number of hydrogen-bond donors (Lipinski definition) is 2. The summed E-state index contributed by atoms with van der Waals surface area (Å²) in [6.45, 7) is 4.02. The highest BCUT2D eigenvalue weighted by Gasteiger charge is 2.22. The molecule has 0 spiro atoms. The SMILES string of the molecule is CCc1ccc(NS(=O)(=O)c2ccc3c(c2)NC(=O)C[C@H](C)S3)cc1. The Morgan fingerprint density at radius 2 is 1.92 bits per heavy atom. The van der Waals surface area contributed by atoms with Crippen LogP contribution in [0.4, 0.5) is 11.4 Å². The standard InChI is InChI=1S/C18H20N2O3S2/c1-3-13-4-6-14(7-5-13)20-25(22,23)15-8-9-17-16(11-15)19-18(21)10-12(2)24-17/h4-9,11-12,20H,3,10H2,1-2H3,(H,19,21)/t12-/m0/s1. The van der Waals surface area contributed by atoms with Crippen molar-refractivity contribution in [3.8, 4) is 0 Å². The molecule has 25 heavy (non-hydrogen) atoms. The van der Waals surface area contributed by atoms with Crippen LogP contribution in [0.1, 0.15) is 25.8 Å². The van der Waals surface area contributed by atoms with Gasteiger partial charge >= 0.3 is 0 Å². The third kappa shape index (κ3) is 4.16. The largest absolute Gasteiger partial charge is 0.325 e. The molecule has 0 fully saturated rings. The highest BCUT2D eigenvalue weighted by molar-refractivity contribution is 8.00. The molecule has 0 radical (unpaired) electrons. The van der Waals surface area contributed by atoms with Crippen molar-refractivity contribution in [1.29, 1.82) is 0 Å². The lowest BCUT2D eigenvalue weighted by Crippen LogP contribution is -2.15. The minimum absolute atomic E-state index is 0.101. The lowest BCUT2D eigenvalue weighted by Gasteiger charge is -2.12. The maximum Gasteiger partial charge on any atom is 0.261 e. The number of rotatable bonds is 4. The van der Waals surface area contributed by atoms with Crippen LogP contribution in [0.3, 0.4) is 0 Å². The van der Waals surface area contributed by atoms with Gasteiger partial charge in [0, 0.05) is 22.3 Å². The van der Waals surface area contributed by atoms with E-state index in [9.17, 15) is 13.2 Å². The fourth-order valence-electron chi connectivity index (χ4n) is 2.62. The number of amides is 1. The Bertz CT molecular complexity index is 893. The molecule has 2 aromatic rings. The van der Waals surface area contributed by atoms with Crippen LogP contribution in [0.5, 0.6) is 0 Å². The summed E-state index contributed by atoms with van der Waals surface area (Å²) in [4.78, 5) is 12.9. The molecular weight excluding hydrogens is 356 g/mol. The summed E-state index contributed by atoms with van der Waals surface area (Å²) in [7, 11) is -3.72. The van der Waals surface area contributed by atoms with Crippen LogP contribution in [0.25, 0.3) is 0 Å². The first-order valence-electron chi connectivity index (χ1n) is 8.09. The summed E-state index contributed by atoms with van der Waals surface area (Å²) in [5, 5.41) is 2.94. The number of fused-ring (bicyclic) bond motifs is 1. The van der Waals surface area contributed by atoms with E-state index < -0.39 is 10.0 Å². The average Bonchev–Trinajstić information content (AvgIpc) is 2.70. The van der Waals surface area contributed by atoms with E-state index in [4.69, 9.17) is 0 Å². The molecular formula is C18H20N2O3S2. The number of hydrogen-bond acceptors (Lipinski definition) is 4. The average molecular weight is 377 g/mol. The molecule has 132 valence electrons. The molecule has 1 heterocycles. The van der Waals surface area contributed by atoms with E-state index in [0.29, 0.717) is 17.8 Å². The molecule has 5 nitrogen and oxygen atoms in total. The van der Waals surface area contributed by atoms with Crippen molar-refractivity contribution in [1.82, 2.24) is 0 Å². The Balaban J connectivity index is 1.88. The van der Waals surface area contributed by atoms with Gasteiger partial charge < -0.3 is 5.32 Å². The third-order valence-corrected chi connectivity index (χ3v) is 6.51. The molecule has 1 atom stereocenters. The van der Waals surface area contributed by atoms with Gasteiger partial charge in [0.05, 0.1) is 10.6 Å². The van der Waals surface area contributed by atoms with Crippen LogP contribution >= 0.6 is 11.8 Å². The zero-order chi connectivity index (χ0) is 18.0. The van der Waals surface area contributed by atoms with E-state index in [1.165, 1.54) is 6.07 Å². The predicted octanol–water partition coefficient (Wildman–Crippen LogP) is 3.87. The first-order chi connectivity index (χ1) is 11.9. The second-order valence-electron chi connectivity index (χ2n) is 5.99. The summed E-state index contributed by atoms with van der Waals surface area (Å²) in [6, 6.07) is 12.1. The van der Waals surface area contributed by atoms with Crippen molar-refractivity contribution >= 4 is 39.1 Å². The van der Waals surface area contributed by atoms with Crippen LogP contribution < -0.4 is 10.0 Å². The molecule has 1 aliphatic rings. The molecule has 0 saturated heterocycles. The van der Waals surface area contributed by atoms with Crippen molar-refractivity contribution < 1.29 is 13.2 Å². The van der Waals surface area contributed by atoms with Gasteiger partial charge in [-0.25, -0.2) is 8.42 Å². The fourth-order valence-corrected chi connectivity index (χ4v) is 4.76. The Morgan fingerprint density at radius 3 is 2.60 bits per heavy atom. The van der Waals surface area contributed by atoms with Gasteiger partial charge in [-0.15, -0.1) is 11.8 Å². The Kier molecular flexibility index (Phi) is 5.06. The first-order valence-corrected chi connectivity index (χ1v) is 10.5. The molecule has 7 heteroatoms. The van der Waals surface area contributed by atoms with Crippen molar-refractivity contribution in [2.75, 3.05) is 10.0 Å². The number of benzene rings is 2. The molecule has 2 N–H and O–H groups in total. The normalized spacial score (nSPS) is 17.4. The molecule has 1 aliphatic heterocycles. The van der Waals surface area contributed by atoms with Crippen LogP contribution in [0.15, 0.2) is 52.3 Å². The van der Waals surface area contributed by atoms with Crippen molar-refractivity contribution in [3.05, 3.63) is 48.0 Å². The molecule has 0 aliphatic carbocycles. The lowest BCUT2D eigenvalue weighted by atomic mass is 10.2. The summed E-state index contributed by atoms with van der Waals surface area (Å²) >= 11 is 1.57. The van der Waals surface area contributed by atoms with E-state index in [0.717, 1.165) is 16.9 Å². The fraction of sp³-hybridized carbons (Fsp3) is 0.278. The van der Waals surface area contributed by atoms with Crippen LogP contribution in [0.2, 0.25) is 0 Å². The van der Waals surface area contributed by atoms with Gasteiger partial charge in [-0.3, -0.25) is 9.52 Å². The lowest BCUT2D eigenvalue weighted by molar-refractivity contribution is -0.116. The third-order valence-electron chi connectivity index (χ3n) is 3.95. The number of carbonyl (C=O) groups is 1. The van der Waals surface area contributed by atoms with Crippen molar-refractivity contribution in [2.45, 2.75) is 41.7 Å². The summed E-state index contributed by atoms with van der Waals surface area (Å²) < 4.78 is 27.9. The van der Waals surface area contributed by atoms with Gasteiger partial charge in [0.15, 0.2) is 0 Å². The van der Waals surface area contributed by atoms with Gasteiger partial charge in [-0.2, -0.15) is 0 Å². The maximum atomic E-state index is 12.6. The van der Waals surface area contributed by atoms with E-state index in [1.807, 2.05) is 26.0 Å². The smallest absolute Gasteiger partial charge is 0.261 e. The molecule has 0 aromatic heterocycles. The molecule has 0 saturated carbocycles. The van der Waals surface area contributed by atoms with E-state index in [1.54, 1.807) is 36.0 Å². The summed E-state index contributed by atoms with van der Waals surface area (Å²) in [6.07, 6.45) is 1.30. The number of anilines is 2. The number of nitrogens with one attached hydrogen (secondary N) is 2. The monoisotopic (exact) mass is 376 g/mol. The van der Waals surface area contributed by atoms with E-state index >= 15 is 0 Å². The molecule has 0 bridgehead atoms. The number of sulfonamides is 1. The zero-order valence-electron chi connectivity index (χ0n) is 14.1. The zero-order valence-corrected chi connectivity index (χ0v) is 15.7. The Labute approximate surface area is 152 Å². The van der Waals surface area contributed by atoms with Crippen molar-refractivity contribution in [3.63, 3.8) is 0 Å². The highest BCUT2D eigenvalue weighted by atomic mass is 32.2. The summed E-state index contributed by atoms with van der Waals surface area (Å²) in [5.74, 6) is -0.101.